The lowest BCUT2D eigenvalue weighted by atomic mass is 9.92. The summed E-state index contributed by atoms with van der Waals surface area (Å²) in [6.45, 7) is 3.85. The lowest BCUT2D eigenvalue weighted by Crippen LogP contribution is -2.50. The van der Waals surface area contributed by atoms with Gasteiger partial charge in [-0.2, -0.15) is 0 Å². The summed E-state index contributed by atoms with van der Waals surface area (Å²) in [6, 6.07) is 6.45. The van der Waals surface area contributed by atoms with E-state index in [9.17, 15) is 5.11 Å². The van der Waals surface area contributed by atoms with Crippen molar-refractivity contribution in [2.24, 2.45) is 0 Å². The van der Waals surface area contributed by atoms with Crippen LogP contribution in [-0.2, 0) is 19.5 Å². The third-order valence-corrected chi connectivity index (χ3v) is 4.72. The molecule has 1 atom stereocenters. The quantitative estimate of drug-likeness (QED) is 0.920. The summed E-state index contributed by atoms with van der Waals surface area (Å²) >= 11 is 0. The molecule has 0 saturated carbocycles. The second-order valence-corrected chi connectivity index (χ2v) is 6.68. The van der Waals surface area contributed by atoms with Crippen LogP contribution in [-0.4, -0.2) is 50.3 Å². The summed E-state index contributed by atoms with van der Waals surface area (Å²) in [5.74, 6) is 1.02. The van der Waals surface area contributed by atoms with Crippen LogP contribution < -0.4 is 4.74 Å². The van der Waals surface area contributed by atoms with Crippen molar-refractivity contribution >= 4 is 0 Å². The standard InChI is InChI=1S/C17H22N4O2/c22-17(13-21-8-6-18-19-21)5-1-7-20(12-17)11-14-2-3-16-15(10-14)4-9-23-16/h2-3,6,8,10,22H,1,4-5,7,9,11-13H2. The van der Waals surface area contributed by atoms with Gasteiger partial charge in [0, 0.05) is 25.7 Å². The van der Waals surface area contributed by atoms with Gasteiger partial charge in [0.05, 0.1) is 24.9 Å². The molecule has 1 aromatic heterocycles. The summed E-state index contributed by atoms with van der Waals surface area (Å²) in [6.07, 6.45) is 6.26. The molecule has 0 spiro atoms. The predicted octanol–water partition coefficient (Wildman–Crippen LogP) is 1.24. The number of β-amino-alcohol motifs (C(OH)–C–C–N with tert-alkyl or cyclic N) is 1. The first kappa shape index (κ1) is 14.7. The highest BCUT2D eigenvalue weighted by Gasteiger charge is 2.34. The fraction of sp³-hybridized carbons (Fsp3) is 0.529. The second kappa shape index (κ2) is 5.94. The molecule has 6 nitrogen and oxygen atoms in total. The zero-order valence-electron chi connectivity index (χ0n) is 13.2. The maximum atomic E-state index is 10.9. The van der Waals surface area contributed by atoms with Crippen LogP contribution in [0.15, 0.2) is 30.6 Å². The molecule has 0 amide bonds. The van der Waals surface area contributed by atoms with Gasteiger partial charge >= 0.3 is 0 Å². The van der Waals surface area contributed by atoms with Gasteiger partial charge in [-0.15, -0.1) is 5.10 Å². The van der Waals surface area contributed by atoms with Crippen LogP contribution >= 0.6 is 0 Å². The molecule has 1 N–H and O–H groups in total. The van der Waals surface area contributed by atoms with Gasteiger partial charge in [0.15, 0.2) is 0 Å². The van der Waals surface area contributed by atoms with E-state index in [0.29, 0.717) is 13.1 Å². The van der Waals surface area contributed by atoms with E-state index in [0.717, 1.165) is 44.7 Å². The van der Waals surface area contributed by atoms with E-state index >= 15 is 0 Å². The van der Waals surface area contributed by atoms with Gasteiger partial charge in [-0.05, 0) is 36.6 Å². The monoisotopic (exact) mass is 314 g/mol. The molecule has 122 valence electrons. The van der Waals surface area contributed by atoms with Crippen molar-refractivity contribution in [3.8, 4) is 5.75 Å². The van der Waals surface area contributed by atoms with Gasteiger partial charge in [-0.1, -0.05) is 17.3 Å². The van der Waals surface area contributed by atoms with Crippen molar-refractivity contribution in [2.45, 2.75) is 38.0 Å². The van der Waals surface area contributed by atoms with E-state index in [1.807, 2.05) is 0 Å². The van der Waals surface area contributed by atoms with Gasteiger partial charge in [-0.3, -0.25) is 4.90 Å². The molecule has 23 heavy (non-hydrogen) atoms. The zero-order chi connectivity index (χ0) is 15.7. The van der Waals surface area contributed by atoms with E-state index in [2.05, 4.69) is 33.4 Å². The van der Waals surface area contributed by atoms with Crippen molar-refractivity contribution in [1.29, 1.82) is 0 Å². The molecular weight excluding hydrogens is 292 g/mol. The summed E-state index contributed by atoms with van der Waals surface area (Å²) < 4.78 is 7.28. The number of fused-ring (bicyclic) bond motifs is 1. The maximum absolute atomic E-state index is 10.9. The molecule has 0 bridgehead atoms. The molecule has 4 rings (SSSR count). The van der Waals surface area contributed by atoms with E-state index in [4.69, 9.17) is 4.74 Å². The number of hydrogen-bond donors (Lipinski definition) is 1. The summed E-state index contributed by atoms with van der Waals surface area (Å²) in [7, 11) is 0. The highest BCUT2D eigenvalue weighted by molar-refractivity contribution is 5.39. The Morgan fingerprint density at radius 3 is 3.17 bits per heavy atom. The van der Waals surface area contributed by atoms with Crippen LogP contribution in [0.2, 0.25) is 0 Å². The third kappa shape index (κ3) is 3.23. The highest BCUT2D eigenvalue weighted by Crippen LogP contribution is 2.28. The van der Waals surface area contributed by atoms with E-state index in [-0.39, 0.29) is 0 Å². The van der Waals surface area contributed by atoms with Gasteiger partial charge in [0.1, 0.15) is 5.75 Å². The fourth-order valence-corrected chi connectivity index (χ4v) is 3.69. The maximum Gasteiger partial charge on any atom is 0.122 e. The molecule has 1 saturated heterocycles. The van der Waals surface area contributed by atoms with Crippen molar-refractivity contribution < 1.29 is 9.84 Å². The first-order valence-corrected chi connectivity index (χ1v) is 8.24. The van der Waals surface area contributed by atoms with Crippen molar-refractivity contribution in [2.75, 3.05) is 19.7 Å². The van der Waals surface area contributed by atoms with Gasteiger partial charge in [0.2, 0.25) is 0 Å². The molecule has 0 aliphatic carbocycles. The zero-order valence-corrected chi connectivity index (χ0v) is 13.2. The van der Waals surface area contributed by atoms with Crippen LogP contribution in [0.1, 0.15) is 24.0 Å². The molecule has 2 aliphatic heterocycles. The van der Waals surface area contributed by atoms with E-state index in [1.54, 1.807) is 17.1 Å². The summed E-state index contributed by atoms with van der Waals surface area (Å²) in [5.41, 5.74) is 1.86. The van der Waals surface area contributed by atoms with E-state index in [1.165, 1.54) is 11.1 Å². The Morgan fingerprint density at radius 2 is 2.30 bits per heavy atom. The largest absolute Gasteiger partial charge is 0.493 e. The van der Waals surface area contributed by atoms with Crippen LogP contribution in [0.25, 0.3) is 0 Å². The average molecular weight is 314 g/mol. The average Bonchev–Trinajstić information content (AvgIpc) is 3.17. The molecule has 1 unspecified atom stereocenters. The highest BCUT2D eigenvalue weighted by atomic mass is 16.5. The molecule has 3 heterocycles. The Balaban J connectivity index is 1.43. The van der Waals surface area contributed by atoms with Crippen LogP contribution in [0.3, 0.4) is 0 Å². The van der Waals surface area contributed by atoms with Crippen molar-refractivity contribution in [1.82, 2.24) is 19.9 Å². The second-order valence-electron chi connectivity index (χ2n) is 6.68. The van der Waals surface area contributed by atoms with Crippen molar-refractivity contribution in [3.05, 3.63) is 41.7 Å². The van der Waals surface area contributed by atoms with Crippen molar-refractivity contribution in [3.63, 3.8) is 0 Å². The Bertz CT molecular complexity index is 673. The minimum absolute atomic E-state index is 0.502. The number of nitrogens with zero attached hydrogens (tertiary/aromatic N) is 4. The number of aliphatic hydroxyl groups is 1. The number of piperidine rings is 1. The normalized spacial score (nSPS) is 24.4. The number of aromatic nitrogens is 3. The Labute approximate surface area is 135 Å². The number of likely N-dealkylation sites (tertiary alicyclic amines) is 1. The van der Waals surface area contributed by atoms with Crippen LogP contribution in [0.5, 0.6) is 5.75 Å². The lowest BCUT2D eigenvalue weighted by Gasteiger charge is -2.39. The number of rotatable bonds is 4. The molecule has 2 aliphatic rings. The molecule has 1 aromatic carbocycles. The van der Waals surface area contributed by atoms with Gasteiger partial charge < -0.3 is 9.84 Å². The molecule has 2 aromatic rings. The Hall–Kier alpha value is -1.92. The molecule has 6 heteroatoms. The number of ether oxygens (including phenoxy) is 1. The molecule has 1 fully saturated rings. The third-order valence-electron chi connectivity index (χ3n) is 4.72. The first-order valence-electron chi connectivity index (χ1n) is 8.24. The smallest absolute Gasteiger partial charge is 0.122 e. The topological polar surface area (TPSA) is 63.4 Å². The molecular formula is C17H22N4O2. The van der Waals surface area contributed by atoms with Crippen LogP contribution in [0.4, 0.5) is 0 Å². The first-order chi connectivity index (χ1) is 11.2. The molecule has 0 radical (unpaired) electrons. The number of benzene rings is 1. The minimum Gasteiger partial charge on any atom is -0.493 e. The Morgan fingerprint density at radius 1 is 1.35 bits per heavy atom. The van der Waals surface area contributed by atoms with E-state index < -0.39 is 5.60 Å². The van der Waals surface area contributed by atoms with Gasteiger partial charge in [-0.25, -0.2) is 4.68 Å². The van der Waals surface area contributed by atoms with Crippen LogP contribution in [0, 0.1) is 0 Å². The lowest BCUT2D eigenvalue weighted by molar-refractivity contribution is -0.0478. The summed E-state index contributed by atoms with van der Waals surface area (Å²) in [5, 5.41) is 18.7. The SMILES string of the molecule is OC1(Cn2ccnn2)CCCN(Cc2ccc3c(c2)CCO3)C1. The minimum atomic E-state index is -0.730. The Kier molecular flexibility index (Phi) is 3.79. The van der Waals surface area contributed by atoms with Gasteiger partial charge in [0.25, 0.3) is 0 Å². The number of hydrogen-bond acceptors (Lipinski definition) is 5. The predicted molar refractivity (Wildman–Crippen MR) is 85.1 cm³/mol. The fourth-order valence-electron chi connectivity index (χ4n) is 3.69. The summed E-state index contributed by atoms with van der Waals surface area (Å²) in [4.78, 5) is 2.33.